The summed E-state index contributed by atoms with van der Waals surface area (Å²) in [5.74, 6) is 2.58. The second-order valence-corrected chi connectivity index (χ2v) is 6.38. The first-order chi connectivity index (χ1) is 9.19. The van der Waals surface area contributed by atoms with E-state index in [1.165, 1.54) is 24.0 Å². The molecule has 0 amide bonds. The van der Waals surface area contributed by atoms with Gasteiger partial charge >= 0.3 is 0 Å². The highest BCUT2D eigenvalue weighted by molar-refractivity contribution is 6.30. The number of halogens is 1. The third-order valence-corrected chi connectivity index (χ3v) is 5.12. The maximum Gasteiger partial charge on any atom is 0.125 e. The molecule has 1 aliphatic carbocycles. The minimum Gasteiger partial charge on any atom is -0.493 e. The zero-order chi connectivity index (χ0) is 13.4. The summed E-state index contributed by atoms with van der Waals surface area (Å²) in [6.45, 7) is 3.17. The number of nitrogens with one attached hydrogen (secondary N) is 1. The second-order valence-electron chi connectivity index (χ2n) is 5.95. The SMILES string of the molecule is CNC1CCC(Cc2cc(Cl)cc3c2OCC3)C1C. The predicted molar refractivity (Wildman–Crippen MR) is 79.1 cm³/mol. The van der Waals surface area contributed by atoms with E-state index >= 15 is 0 Å². The van der Waals surface area contributed by atoms with Crippen LogP contribution in [0.1, 0.15) is 30.9 Å². The van der Waals surface area contributed by atoms with Crippen molar-refractivity contribution in [2.75, 3.05) is 13.7 Å². The van der Waals surface area contributed by atoms with Crippen LogP contribution in [0.4, 0.5) is 0 Å². The fourth-order valence-corrected chi connectivity index (χ4v) is 3.99. The number of fused-ring (bicyclic) bond motifs is 1. The Hall–Kier alpha value is -0.730. The van der Waals surface area contributed by atoms with E-state index in [1.807, 2.05) is 0 Å². The van der Waals surface area contributed by atoms with E-state index in [1.54, 1.807) is 0 Å². The molecule has 2 nitrogen and oxygen atoms in total. The summed E-state index contributed by atoms with van der Waals surface area (Å²) in [6, 6.07) is 4.82. The van der Waals surface area contributed by atoms with Crippen LogP contribution in [0, 0.1) is 11.8 Å². The van der Waals surface area contributed by atoms with Crippen molar-refractivity contribution < 1.29 is 4.74 Å². The van der Waals surface area contributed by atoms with Crippen LogP contribution in [0.25, 0.3) is 0 Å². The Morgan fingerprint density at radius 2 is 2.21 bits per heavy atom. The summed E-state index contributed by atoms with van der Waals surface area (Å²) in [5.41, 5.74) is 2.60. The number of hydrogen-bond donors (Lipinski definition) is 1. The highest BCUT2D eigenvalue weighted by atomic mass is 35.5. The van der Waals surface area contributed by atoms with Gasteiger partial charge in [-0.05, 0) is 61.4 Å². The Bertz CT molecular complexity index is 474. The Kier molecular flexibility index (Phi) is 3.72. The fourth-order valence-electron chi connectivity index (χ4n) is 3.72. The Morgan fingerprint density at radius 1 is 1.37 bits per heavy atom. The maximum atomic E-state index is 6.24. The third-order valence-electron chi connectivity index (χ3n) is 4.90. The van der Waals surface area contributed by atoms with Crippen LogP contribution in [-0.4, -0.2) is 19.7 Å². The van der Waals surface area contributed by atoms with Crippen LogP contribution in [-0.2, 0) is 12.8 Å². The van der Waals surface area contributed by atoms with Gasteiger partial charge in [0.05, 0.1) is 6.61 Å². The van der Waals surface area contributed by atoms with Gasteiger partial charge in [-0.2, -0.15) is 0 Å². The first-order valence-corrected chi connectivity index (χ1v) is 7.68. The lowest BCUT2D eigenvalue weighted by Crippen LogP contribution is -2.29. The zero-order valence-corrected chi connectivity index (χ0v) is 12.5. The van der Waals surface area contributed by atoms with Crippen molar-refractivity contribution >= 4 is 11.6 Å². The molecule has 0 bridgehead atoms. The average Bonchev–Trinajstić information content (AvgIpc) is 2.97. The summed E-state index contributed by atoms with van der Waals surface area (Å²) in [4.78, 5) is 0. The first kappa shape index (κ1) is 13.3. The van der Waals surface area contributed by atoms with Crippen molar-refractivity contribution in [3.63, 3.8) is 0 Å². The monoisotopic (exact) mass is 279 g/mol. The highest BCUT2D eigenvalue weighted by Crippen LogP contribution is 2.39. The quantitative estimate of drug-likeness (QED) is 0.915. The Morgan fingerprint density at radius 3 is 2.95 bits per heavy atom. The van der Waals surface area contributed by atoms with E-state index in [4.69, 9.17) is 16.3 Å². The van der Waals surface area contributed by atoms with Gasteiger partial charge in [0, 0.05) is 17.5 Å². The number of benzene rings is 1. The molecule has 1 fully saturated rings. The lowest BCUT2D eigenvalue weighted by atomic mass is 9.88. The second kappa shape index (κ2) is 5.34. The van der Waals surface area contributed by atoms with E-state index in [9.17, 15) is 0 Å². The number of ether oxygens (including phenoxy) is 1. The molecule has 2 aliphatic rings. The van der Waals surface area contributed by atoms with Gasteiger partial charge in [0.15, 0.2) is 0 Å². The van der Waals surface area contributed by atoms with Crippen LogP contribution >= 0.6 is 11.6 Å². The largest absolute Gasteiger partial charge is 0.493 e. The van der Waals surface area contributed by atoms with E-state index in [0.717, 1.165) is 42.1 Å². The summed E-state index contributed by atoms with van der Waals surface area (Å²) in [6.07, 6.45) is 4.68. The summed E-state index contributed by atoms with van der Waals surface area (Å²) >= 11 is 6.24. The standard InChI is InChI=1S/C16H22ClNO/c1-10-11(3-4-15(10)18-2)7-13-9-14(17)8-12-5-6-19-16(12)13/h8-11,15,18H,3-7H2,1-2H3. The van der Waals surface area contributed by atoms with Gasteiger partial charge < -0.3 is 10.1 Å². The average molecular weight is 280 g/mol. The minimum atomic E-state index is 0.665. The Labute approximate surface area is 120 Å². The topological polar surface area (TPSA) is 21.3 Å². The van der Waals surface area contributed by atoms with Crippen molar-refractivity contribution in [1.82, 2.24) is 5.32 Å². The lowest BCUT2D eigenvalue weighted by Gasteiger charge is -2.21. The van der Waals surface area contributed by atoms with Crippen molar-refractivity contribution in [3.8, 4) is 5.75 Å². The van der Waals surface area contributed by atoms with Crippen LogP contribution in [0.5, 0.6) is 5.75 Å². The highest BCUT2D eigenvalue weighted by Gasteiger charge is 2.32. The van der Waals surface area contributed by atoms with Crippen molar-refractivity contribution in [2.45, 2.75) is 38.6 Å². The van der Waals surface area contributed by atoms with Gasteiger partial charge in [0.2, 0.25) is 0 Å². The molecule has 1 aromatic rings. The maximum absolute atomic E-state index is 6.24. The number of hydrogen-bond acceptors (Lipinski definition) is 2. The van der Waals surface area contributed by atoms with E-state index < -0.39 is 0 Å². The van der Waals surface area contributed by atoms with Gasteiger partial charge in [0.1, 0.15) is 5.75 Å². The molecule has 0 aromatic heterocycles. The smallest absolute Gasteiger partial charge is 0.125 e. The third kappa shape index (κ3) is 2.48. The van der Waals surface area contributed by atoms with Gasteiger partial charge in [-0.3, -0.25) is 0 Å². The molecule has 3 atom stereocenters. The molecule has 104 valence electrons. The number of rotatable bonds is 3. The van der Waals surface area contributed by atoms with Gasteiger partial charge in [0.25, 0.3) is 0 Å². The molecule has 0 spiro atoms. The normalized spacial score (nSPS) is 29.3. The summed E-state index contributed by atoms with van der Waals surface area (Å²) in [7, 11) is 2.07. The van der Waals surface area contributed by atoms with E-state index in [0.29, 0.717) is 6.04 Å². The molecule has 1 aromatic carbocycles. The van der Waals surface area contributed by atoms with Crippen LogP contribution < -0.4 is 10.1 Å². The van der Waals surface area contributed by atoms with Crippen LogP contribution in [0.2, 0.25) is 5.02 Å². The zero-order valence-electron chi connectivity index (χ0n) is 11.7. The van der Waals surface area contributed by atoms with Crippen LogP contribution in [0.15, 0.2) is 12.1 Å². The fraction of sp³-hybridized carbons (Fsp3) is 0.625. The van der Waals surface area contributed by atoms with E-state index in [2.05, 4.69) is 31.4 Å². The van der Waals surface area contributed by atoms with Crippen molar-refractivity contribution in [2.24, 2.45) is 11.8 Å². The minimum absolute atomic E-state index is 0.665. The molecule has 3 rings (SSSR count). The van der Waals surface area contributed by atoms with Crippen molar-refractivity contribution in [1.29, 1.82) is 0 Å². The molecule has 0 radical (unpaired) electrons. The summed E-state index contributed by atoms with van der Waals surface area (Å²) in [5, 5.41) is 4.29. The molecule has 1 aliphatic heterocycles. The molecule has 1 heterocycles. The molecule has 0 saturated heterocycles. The van der Waals surface area contributed by atoms with Crippen molar-refractivity contribution in [3.05, 3.63) is 28.3 Å². The molecule has 1 N–H and O–H groups in total. The molecule has 19 heavy (non-hydrogen) atoms. The Balaban J connectivity index is 1.81. The molecule has 3 heteroatoms. The van der Waals surface area contributed by atoms with E-state index in [-0.39, 0.29) is 0 Å². The molecular formula is C16H22ClNO. The van der Waals surface area contributed by atoms with Crippen LogP contribution in [0.3, 0.4) is 0 Å². The first-order valence-electron chi connectivity index (χ1n) is 7.30. The molecule has 1 saturated carbocycles. The van der Waals surface area contributed by atoms with Gasteiger partial charge in [-0.15, -0.1) is 0 Å². The van der Waals surface area contributed by atoms with Gasteiger partial charge in [-0.25, -0.2) is 0 Å². The molecule has 3 unspecified atom stereocenters. The molecular weight excluding hydrogens is 258 g/mol. The summed E-state index contributed by atoms with van der Waals surface area (Å²) < 4.78 is 5.81. The predicted octanol–water partition coefficient (Wildman–Crippen LogP) is 3.45. The van der Waals surface area contributed by atoms with Gasteiger partial charge in [-0.1, -0.05) is 18.5 Å². The lowest BCUT2D eigenvalue weighted by molar-refractivity contribution is 0.338.